The third-order valence-electron chi connectivity index (χ3n) is 1.54. The minimum absolute atomic E-state index is 0.458. The molecular weight excluding hydrogens is 179 g/mol. The molecule has 1 unspecified atom stereocenters. The van der Waals surface area contributed by atoms with Gasteiger partial charge in [0, 0.05) is 6.54 Å². The number of hydrogen-bond donors (Lipinski definition) is 2. The van der Waals surface area contributed by atoms with Crippen LogP contribution in [0.25, 0.3) is 0 Å². The molecule has 1 fully saturated rings. The van der Waals surface area contributed by atoms with Crippen molar-refractivity contribution in [2.24, 2.45) is 0 Å². The highest BCUT2D eigenvalue weighted by Crippen LogP contribution is 2.29. The maximum Gasteiger partial charge on any atom is 0.452 e. The van der Waals surface area contributed by atoms with Crippen LogP contribution in [0, 0.1) is 0 Å². The van der Waals surface area contributed by atoms with Crippen molar-refractivity contribution in [2.75, 3.05) is 6.54 Å². The first-order chi connectivity index (χ1) is 5.31. The quantitative estimate of drug-likeness (QED) is 0.448. The Hall–Kier alpha value is -1.11. The molecule has 1 heterocycles. The average Bonchev–Trinajstić information content (AvgIpc) is 2.62. The van der Waals surface area contributed by atoms with Gasteiger partial charge in [-0.2, -0.15) is 13.2 Å². The zero-order chi connectivity index (χ0) is 9.57. The predicted octanol–water partition coefficient (Wildman–Crippen LogP) is -0.456. The van der Waals surface area contributed by atoms with Crippen molar-refractivity contribution in [3.8, 4) is 0 Å². The zero-order valence-corrected chi connectivity index (χ0v) is 5.60. The number of alkyl halides is 3. The van der Waals surface area contributed by atoms with Crippen LogP contribution < -0.4 is 5.32 Å². The number of nitrogens with one attached hydrogen (secondary N) is 1. The van der Waals surface area contributed by atoms with Gasteiger partial charge in [0.1, 0.15) is 0 Å². The Morgan fingerprint density at radius 3 is 1.92 bits per heavy atom. The van der Waals surface area contributed by atoms with E-state index >= 15 is 0 Å². The molecule has 0 spiro atoms. The molecule has 0 aromatic rings. The van der Waals surface area contributed by atoms with Crippen LogP contribution in [0.5, 0.6) is 0 Å². The topological polar surface area (TPSA) is 76.3 Å². The van der Waals surface area contributed by atoms with Gasteiger partial charge in [0.05, 0.1) is 0 Å². The number of carbonyl (C=O) groups is 2. The molecule has 4 nitrogen and oxygen atoms in total. The van der Waals surface area contributed by atoms with Crippen molar-refractivity contribution in [3.63, 3.8) is 0 Å². The van der Waals surface area contributed by atoms with Crippen LogP contribution in [0.3, 0.4) is 0 Å². The Bertz CT molecular complexity index is 243. The maximum absolute atomic E-state index is 11.7. The zero-order valence-electron chi connectivity index (χ0n) is 5.60. The van der Waals surface area contributed by atoms with Crippen molar-refractivity contribution in [1.29, 1.82) is 0 Å². The first-order valence-corrected chi connectivity index (χ1v) is 2.91. The fraction of sp³-hybridized carbons (Fsp3) is 0.600. The van der Waals surface area contributed by atoms with Gasteiger partial charge in [0.2, 0.25) is 0 Å². The minimum Gasteiger partial charge on any atom is -0.479 e. The number of carboxylic acid groups (broad SMARTS) is 1. The van der Waals surface area contributed by atoms with Crippen LogP contribution in [0.1, 0.15) is 0 Å². The van der Waals surface area contributed by atoms with E-state index in [1.807, 2.05) is 5.32 Å². The third-order valence-corrected chi connectivity index (χ3v) is 1.54. The first kappa shape index (κ1) is 8.98. The minimum atomic E-state index is -5.10. The van der Waals surface area contributed by atoms with Gasteiger partial charge in [-0.15, -0.1) is 0 Å². The lowest BCUT2D eigenvalue weighted by Gasteiger charge is -2.09. The number of hydrogen-bond acceptors (Lipinski definition) is 3. The number of halogens is 3. The molecule has 1 rings (SSSR count). The van der Waals surface area contributed by atoms with E-state index < -0.39 is 30.0 Å². The van der Waals surface area contributed by atoms with Crippen LogP contribution in [0.15, 0.2) is 0 Å². The van der Waals surface area contributed by atoms with Crippen molar-refractivity contribution >= 4 is 11.8 Å². The molecule has 2 N–H and O–H groups in total. The van der Waals surface area contributed by atoms with Crippen molar-refractivity contribution < 1.29 is 27.9 Å². The fourth-order valence-corrected chi connectivity index (χ4v) is 0.739. The van der Waals surface area contributed by atoms with E-state index in [1.54, 1.807) is 0 Å². The summed E-state index contributed by atoms with van der Waals surface area (Å²) in [6.45, 7) is -0.458. The third kappa shape index (κ3) is 1.15. The molecular formula is C5H4F3NO3. The Morgan fingerprint density at radius 2 is 1.83 bits per heavy atom. The average molecular weight is 183 g/mol. The van der Waals surface area contributed by atoms with E-state index in [9.17, 15) is 22.8 Å². The Balaban J connectivity index is 2.85. The van der Waals surface area contributed by atoms with E-state index in [0.29, 0.717) is 0 Å². The normalized spacial score (nSPS) is 28.2. The van der Waals surface area contributed by atoms with Gasteiger partial charge in [-0.1, -0.05) is 0 Å². The van der Waals surface area contributed by atoms with Gasteiger partial charge >= 0.3 is 12.1 Å². The van der Waals surface area contributed by atoms with E-state index in [2.05, 4.69) is 0 Å². The van der Waals surface area contributed by atoms with Crippen LogP contribution in [-0.2, 0) is 9.59 Å². The first-order valence-electron chi connectivity index (χ1n) is 2.91. The standard InChI is InChI=1S/C5H4F3NO3/c6-5(7,8)2(10)4(1-9-4)3(11)12/h9H,1H2,(H,11,12). The second-order valence-corrected chi connectivity index (χ2v) is 2.39. The molecule has 0 radical (unpaired) electrons. The SMILES string of the molecule is O=C(O)C1(C(=O)C(F)(F)F)CN1. The molecule has 0 amide bonds. The highest BCUT2D eigenvalue weighted by molar-refractivity contribution is 6.13. The van der Waals surface area contributed by atoms with Crippen LogP contribution >= 0.6 is 0 Å². The van der Waals surface area contributed by atoms with Crippen molar-refractivity contribution in [1.82, 2.24) is 5.32 Å². The lowest BCUT2D eigenvalue weighted by Crippen LogP contribution is -2.45. The molecule has 0 bridgehead atoms. The van der Waals surface area contributed by atoms with Crippen molar-refractivity contribution in [3.05, 3.63) is 0 Å². The fourth-order valence-electron chi connectivity index (χ4n) is 0.739. The second kappa shape index (κ2) is 2.19. The number of ketones is 1. The van der Waals surface area contributed by atoms with Gasteiger partial charge in [-0.25, -0.2) is 4.79 Å². The summed E-state index contributed by atoms with van der Waals surface area (Å²) in [5.41, 5.74) is -2.40. The second-order valence-electron chi connectivity index (χ2n) is 2.39. The van der Waals surface area contributed by atoms with Crippen molar-refractivity contribution in [2.45, 2.75) is 11.7 Å². The Kier molecular flexibility index (Phi) is 1.64. The van der Waals surface area contributed by atoms with Gasteiger partial charge in [0.25, 0.3) is 5.78 Å². The van der Waals surface area contributed by atoms with Gasteiger partial charge in [-0.05, 0) is 0 Å². The van der Waals surface area contributed by atoms with E-state index in [0.717, 1.165) is 0 Å². The molecule has 1 atom stereocenters. The molecule has 12 heavy (non-hydrogen) atoms. The summed E-state index contributed by atoms with van der Waals surface area (Å²) in [6.07, 6.45) is -5.10. The van der Waals surface area contributed by atoms with E-state index in [-0.39, 0.29) is 0 Å². The number of carboxylic acids is 1. The monoisotopic (exact) mass is 183 g/mol. The van der Waals surface area contributed by atoms with Gasteiger partial charge < -0.3 is 5.11 Å². The smallest absolute Gasteiger partial charge is 0.452 e. The molecule has 0 saturated carbocycles. The lowest BCUT2D eigenvalue weighted by molar-refractivity contribution is -0.177. The molecule has 7 heteroatoms. The van der Waals surface area contributed by atoms with Crippen LogP contribution in [0.4, 0.5) is 13.2 Å². The largest absolute Gasteiger partial charge is 0.479 e. The molecule has 1 aliphatic heterocycles. The molecule has 1 saturated heterocycles. The molecule has 68 valence electrons. The molecule has 0 aliphatic carbocycles. The number of rotatable bonds is 2. The number of Topliss-reactive ketones (excluding diaryl/α,β-unsaturated/α-hetero) is 1. The Morgan fingerprint density at radius 1 is 1.42 bits per heavy atom. The number of carbonyl (C=O) groups excluding carboxylic acids is 1. The summed E-state index contributed by atoms with van der Waals surface area (Å²) in [5, 5.41) is 10.1. The molecule has 0 aromatic heterocycles. The summed E-state index contributed by atoms with van der Waals surface area (Å²) in [7, 11) is 0. The van der Waals surface area contributed by atoms with E-state index in [4.69, 9.17) is 5.11 Å². The predicted molar refractivity (Wildman–Crippen MR) is 29.4 cm³/mol. The Labute approximate surface area is 64.4 Å². The van der Waals surface area contributed by atoms with E-state index in [1.165, 1.54) is 0 Å². The van der Waals surface area contributed by atoms with Crippen LogP contribution in [0.2, 0.25) is 0 Å². The summed E-state index contributed by atoms with van der Waals surface area (Å²) in [6, 6.07) is 0. The molecule has 0 aromatic carbocycles. The summed E-state index contributed by atoms with van der Waals surface area (Å²) >= 11 is 0. The highest BCUT2D eigenvalue weighted by atomic mass is 19.4. The number of aliphatic carboxylic acids is 1. The summed E-state index contributed by atoms with van der Waals surface area (Å²) < 4.78 is 35.1. The van der Waals surface area contributed by atoms with Gasteiger partial charge in [-0.3, -0.25) is 10.1 Å². The van der Waals surface area contributed by atoms with Gasteiger partial charge in [0.15, 0.2) is 5.54 Å². The van der Waals surface area contributed by atoms with Crippen LogP contribution in [-0.4, -0.2) is 35.1 Å². The summed E-state index contributed by atoms with van der Waals surface area (Å²) in [4.78, 5) is 20.6. The summed E-state index contributed by atoms with van der Waals surface area (Å²) in [5.74, 6) is -4.03. The molecule has 1 aliphatic rings. The maximum atomic E-state index is 11.7. The lowest BCUT2D eigenvalue weighted by atomic mass is 10.1. The highest BCUT2D eigenvalue weighted by Gasteiger charge is 2.65.